The first kappa shape index (κ1) is 28.4. The van der Waals surface area contributed by atoms with E-state index in [0.29, 0.717) is 31.4 Å². The second-order valence-corrected chi connectivity index (χ2v) is 10.3. The maximum absolute atomic E-state index is 13.7. The summed E-state index contributed by atoms with van der Waals surface area (Å²) in [7, 11) is 3.60. The van der Waals surface area contributed by atoms with Gasteiger partial charge in [-0.25, -0.2) is 4.39 Å². The molecule has 0 spiro atoms. The number of amides is 1. The summed E-state index contributed by atoms with van der Waals surface area (Å²) >= 11 is 0. The van der Waals surface area contributed by atoms with E-state index < -0.39 is 41.5 Å². The zero-order valence-corrected chi connectivity index (χ0v) is 21.0. The Hall–Kier alpha value is -2.66. The number of carbonyl (C=O) groups is 1. The van der Waals surface area contributed by atoms with E-state index in [1.54, 1.807) is 26.2 Å². The normalized spacial score (nSPS) is 27.1. The van der Waals surface area contributed by atoms with Gasteiger partial charge in [0.15, 0.2) is 0 Å². The number of likely N-dealkylation sites (N-methyl/N-ethyl adjacent to an activating group) is 1. The minimum Gasteiger partial charge on any atom is -0.370 e. The van der Waals surface area contributed by atoms with Crippen LogP contribution in [0.25, 0.3) is 0 Å². The van der Waals surface area contributed by atoms with Crippen molar-refractivity contribution in [2.75, 3.05) is 14.1 Å². The minimum absolute atomic E-state index is 0.0904. The predicted molar refractivity (Wildman–Crippen MR) is 126 cm³/mol. The molecule has 0 radical (unpaired) electrons. The Bertz CT molecular complexity index is 1120. The van der Waals surface area contributed by atoms with E-state index in [1.807, 2.05) is 4.90 Å². The van der Waals surface area contributed by atoms with Crippen molar-refractivity contribution in [2.24, 2.45) is 5.92 Å². The number of nitrogens with zero attached hydrogens (tertiary/aromatic N) is 1. The Morgan fingerprint density at radius 1 is 0.947 bits per heavy atom. The zero-order valence-electron chi connectivity index (χ0n) is 21.0. The number of carbonyl (C=O) groups excluding carboxylic acids is 1. The third-order valence-corrected chi connectivity index (χ3v) is 7.61. The first-order valence-corrected chi connectivity index (χ1v) is 12.3. The highest BCUT2D eigenvalue weighted by molar-refractivity contribution is 5.84. The van der Waals surface area contributed by atoms with E-state index >= 15 is 0 Å². The van der Waals surface area contributed by atoms with Gasteiger partial charge in [0.05, 0.1) is 29.4 Å². The average Bonchev–Trinajstić information content (AvgIpc) is 3.41. The second kappa shape index (κ2) is 10.5. The van der Waals surface area contributed by atoms with Crippen LogP contribution in [0.4, 0.5) is 30.7 Å². The Morgan fingerprint density at radius 2 is 1.53 bits per heavy atom. The lowest BCUT2D eigenvalue weighted by Crippen LogP contribution is -2.37. The summed E-state index contributed by atoms with van der Waals surface area (Å²) in [6.07, 6.45) is -9.96. The molecule has 6 atom stereocenters. The number of hydrogen-bond donors (Lipinski definition) is 1. The number of ether oxygens (including phenoxy) is 1. The SMILES string of the molecule is C[C@@H](O[C@H]1CC[C@@H]([C@H]2C[C@@H](N(C)C)C(=O)N2)[C@@H]1c1ccc(F)cc1)c1cc(C(F)(F)F)cc(C(F)(F)F)c1. The summed E-state index contributed by atoms with van der Waals surface area (Å²) < 4.78 is 100. The smallest absolute Gasteiger partial charge is 0.370 e. The van der Waals surface area contributed by atoms with E-state index in [1.165, 1.54) is 19.1 Å². The molecule has 1 saturated heterocycles. The summed E-state index contributed by atoms with van der Waals surface area (Å²) in [5.41, 5.74) is -2.31. The van der Waals surface area contributed by atoms with Gasteiger partial charge in [0.2, 0.25) is 5.91 Å². The van der Waals surface area contributed by atoms with Crippen molar-refractivity contribution in [1.29, 1.82) is 0 Å². The molecule has 2 aromatic rings. The van der Waals surface area contributed by atoms with E-state index in [0.717, 1.165) is 5.56 Å². The van der Waals surface area contributed by atoms with Gasteiger partial charge in [-0.15, -0.1) is 0 Å². The molecule has 11 heteroatoms. The Balaban J connectivity index is 1.64. The van der Waals surface area contributed by atoms with Crippen LogP contribution in [0.15, 0.2) is 42.5 Å². The molecule has 1 amide bonds. The summed E-state index contributed by atoms with van der Waals surface area (Å²) in [5, 5.41) is 3.03. The summed E-state index contributed by atoms with van der Waals surface area (Å²) in [4.78, 5) is 14.3. The van der Waals surface area contributed by atoms with E-state index in [9.17, 15) is 35.5 Å². The van der Waals surface area contributed by atoms with Crippen LogP contribution in [0.2, 0.25) is 0 Å². The maximum Gasteiger partial charge on any atom is 0.416 e. The molecule has 0 bridgehead atoms. The van der Waals surface area contributed by atoms with Crippen LogP contribution >= 0.6 is 0 Å². The van der Waals surface area contributed by atoms with Gasteiger partial charge in [0.1, 0.15) is 5.82 Å². The van der Waals surface area contributed by atoms with Crippen LogP contribution in [0.5, 0.6) is 0 Å². The highest BCUT2D eigenvalue weighted by Crippen LogP contribution is 2.47. The molecule has 1 aliphatic heterocycles. The third kappa shape index (κ3) is 5.98. The fraction of sp³-hybridized carbons (Fsp3) is 0.519. The molecular formula is C27H29F7N2O2. The molecule has 4 nitrogen and oxygen atoms in total. The number of halogens is 7. The van der Waals surface area contributed by atoms with Gasteiger partial charge < -0.3 is 10.1 Å². The van der Waals surface area contributed by atoms with Crippen LogP contribution in [0, 0.1) is 11.7 Å². The van der Waals surface area contributed by atoms with Crippen molar-refractivity contribution in [3.8, 4) is 0 Å². The summed E-state index contributed by atoms with van der Waals surface area (Å²) in [6.45, 7) is 1.42. The largest absolute Gasteiger partial charge is 0.416 e. The molecule has 4 rings (SSSR count). The Labute approximate surface area is 216 Å². The van der Waals surface area contributed by atoms with Crippen molar-refractivity contribution < 1.29 is 40.3 Å². The van der Waals surface area contributed by atoms with Crippen LogP contribution in [-0.4, -0.2) is 43.1 Å². The molecule has 2 aromatic carbocycles. The van der Waals surface area contributed by atoms with Gasteiger partial charge in [0, 0.05) is 12.0 Å². The number of alkyl halides is 6. The molecule has 1 saturated carbocycles. The Kier molecular flexibility index (Phi) is 7.82. The van der Waals surface area contributed by atoms with E-state index in [4.69, 9.17) is 4.74 Å². The Morgan fingerprint density at radius 3 is 2.03 bits per heavy atom. The highest BCUT2D eigenvalue weighted by Gasteiger charge is 2.47. The van der Waals surface area contributed by atoms with Gasteiger partial charge in [-0.2, -0.15) is 26.3 Å². The first-order valence-electron chi connectivity index (χ1n) is 12.3. The summed E-state index contributed by atoms with van der Waals surface area (Å²) in [5.74, 6) is -1.02. The topological polar surface area (TPSA) is 41.6 Å². The molecule has 38 heavy (non-hydrogen) atoms. The lowest BCUT2D eigenvalue weighted by molar-refractivity contribution is -0.143. The molecule has 208 valence electrons. The van der Waals surface area contributed by atoms with E-state index in [2.05, 4.69) is 5.32 Å². The lowest BCUT2D eigenvalue weighted by atomic mass is 9.82. The lowest BCUT2D eigenvalue weighted by Gasteiger charge is -2.31. The van der Waals surface area contributed by atoms with Gasteiger partial charge in [-0.3, -0.25) is 9.69 Å². The van der Waals surface area contributed by atoms with Gasteiger partial charge in [-0.1, -0.05) is 12.1 Å². The van der Waals surface area contributed by atoms with Crippen molar-refractivity contribution in [3.05, 3.63) is 70.5 Å². The minimum atomic E-state index is -4.96. The van der Waals surface area contributed by atoms with E-state index in [-0.39, 0.29) is 41.5 Å². The van der Waals surface area contributed by atoms with Crippen LogP contribution in [0.3, 0.4) is 0 Å². The molecule has 1 aliphatic carbocycles. The number of hydrogen-bond acceptors (Lipinski definition) is 3. The van der Waals surface area contributed by atoms with Gasteiger partial charge in [-0.05, 0) is 87.7 Å². The monoisotopic (exact) mass is 546 g/mol. The standard InChI is InChI=1S/C27H29F7N2O2/c1-14(16-10-17(26(29,30)31)12-18(11-16)27(32,33)34)38-23-9-8-20(21-13-22(36(2)3)25(37)35-21)24(23)15-4-6-19(28)7-5-15/h4-7,10-12,14,20-24H,8-9,13H2,1-3H3,(H,35,37)/t14-,20+,21-,22-,23+,24+/m1/s1. The number of rotatable bonds is 6. The first-order chi connectivity index (χ1) is 17.6. The molecular weight excluding hydrogens is 517 g/mol. The quantitative estimate of drug-likeness (QED) is 0.431. The van der Waals surface area contributed by atoms with Gasteiger partial charge >= 0.3 is 12.4 Å². The molecule has 0 aromatic heterocycles. The van der Waals surface area contributed by atoms with Crippen molar-refractivity contribution in [2.45, 2.75) is 68.7 Å². The van der Waals surface area contributed by atoms with Crippen molar-refractivity contribution in [1.82, 2.24) is 10.2 Å². The van der Waals surface area contributed by atoms with Crippen LogP contribution in [0.1, 0.15) is 60.5 Å². The zero-order chi connectivity index (χ0) is 28.0. The molecule has 2 aliphatic rings. The predicted octanol–water partition coefficient (Wildman–Crippen LogP) is 6.32. The number of benzene rings is 2. The molecule has 2 fully saturated rings. The average molecular weight is 547 g/mol. The summed E-state index contributed by atoms with van der Waals surface area (Å²) in [6, 6.07) is 6.71. The second-order valence-electron chi connectivity index (χ2n) is 10.3. The van der Waals surface area contributed by atoms with Gasteiger partial charge in [0.25, 0.3) is 0 Å². The highest BCUT2D eigenvalue weighted by atomic mass is 19.4. The van der Waals surface area contributed by atoms with Crippen molar-refractivity contribution in [3.63, 3.8) is 0 Å². The van der Waals surface area contributed by atoms with Crippen molar-refractivity contribution >= 4 is 5.91 Å². The fourth-order valence-corrected chi connectivity index (χ4v) is 5.71. The maximum atomic E-state index is 13.7. The molecule has 1 heterocycles. The molecule has 0 unspecified atom stereocenters. The molecule has 1 N–H and O–H groups in total. The number of nitrogens with one attached hydrogen (secondary N) is 1. The fourth-order valence-electron chi connectivity index (χ4n) is 5.71. The van der Waals surface area contributed by atoms with Crippen LogP contribution < -0.4 is 5.32 Å². The van der Waals surface area contributed by atoms with Crippen LogP contribution in [-0.2, 0) is 21.9 Å². The third-order valence-electron chi connectivity index (χ3n) is 7.61.